The first-order chi connectivity index (χ1) is 13.7. The molecule has 154 valence electrons. The van der Waals surface area contributed by atoms with Crippen molar-refractivity contribution in [2.45, 2.75) is 33.1 Å². The summed E-state index contributed by atoms with van der Waals surface area (Å²) in [4.78, 5) is 8.54. The van der Waals surface area contributed by atoms with Crippen LogP contribution in [-0.2, 0) is 0 Å². The number of pyridine rings is 1. The van der Waals surface area contributed by atoms with Crippen LogP contribution < -0.4 is 9.47 Å². The molecule has 0 radical (unpaired) electrons. The van der Waals surface area contributed by atoms with Crippen LogP contribution in [0, 0.1) is 24.6 Å². The number of aromatic nitrogens is 2. The van der Waals surface area contributed by atoms with Gasteiger partial charge in [-0.15, -0.1) is 0 Å². The van der Waals surface area contributed by atoms with Gasteiger partial charge in [0.25, 0.3) is 5.92 Å². The lowest BCUT2D eigenvalue weighted by atomic mass is 10.1. The van der Waals surface area contributed by atoms with E-state index in [2.05, 4.69) is 9.97 Å². The average molecular weight is 406 g/mol. The first kappa shape index (κ1) is 19.5. The largest absolute Gasteiger partial charge is 0.490 e. The Kier molecular flexibility index (Phi) is 4.88. The number of benzene rings is 1. The molecule has 0 N–H and O–H groups in total. The third-order valence-electron chi connectivity index (χ3n) is 4.68. The molecule has 2 aromatic heterocycles. The predicted molar refractivity (Wildman–Crippen MR) is 101 cm³/mol. The second-order valence-corrected chi connectivity index (χ2v) is 7.79. The van der Waals surface area contributed by atoms with Crippen molar-refractivity contribution < 1.29 is 27.1 Å². The predicted octanol–water partition coefficient (Wildman–Crippen LogP) is 5.41. The van der Waals surface area contributed by atoms with E-state index in [9.17, 15) is 13.2 Å². The molecule has 29 heavy (non-hydrogen) atoms. The third-order valence-corrected chi connectivity index (χ3v) is 4.68. The van der Waals surface area contributed by atoms with Crippen molar-refractivity contribution in [1.29, 1.82) is 0 Å². The Morgan fingerprint density at radius 2 is 2.00 bits per heavy atom. The van der Waals surface area contributed by atoms with Crippen LogP contribution in [0.1, 0.15) is 25.8 Å². The number of oxazole rings is 1. The number of rotatable bonds is 7. The van der Waals surface area contributed by atoms with E-state index in [4.69, 9.17) is 13.9 Å². The van der Waals surface area contributed by atoms with Gasteiger partial charge in [0.1, 0.15) is 5.52 Å². The number of halogens is 3. The van der Waals surface area contributed by atoms with E-state index < -0.39 is 17.7 Å². The standard InChI is InChI=1S/C21H21F3N2O3/c1-11(2)9-27-18-6-17-16(8-25-18)26-20(29-17)13-4-12(3)19(15(22)5-13)28-10-14-7-21(14,23)24/h4-6,8,11,14H,7,9-10H2,1-3H3. The van der Waals surface area contributed by atoms with Gasteiger partial charge in [-0.3, -0.25) is 0 Å². The molecule has 0 aliphatic heterocycles. The molecule has 3 aromatic rings. The van der Waals surface area contributed by atoms with Crippen LogP contribution in [0.4, 0.5) is 13.2 Å². The maximum absolute atomic E-state index is 14.5. The Labute approximate surface area is 165 Å². The molecule has 2 heterocycles. The van der Waals surface area contributed by atoms with Crippen LogP contribution in [0.15, 0.2) is 28.8 Å². The van der Waals surface area contributed by atoms with Gasteiger partial charge in [0.05, 0.1) is 25.3 Å². The van der Waals surface area contributed by atoms with E-state index in [-0.39, 0.29) is 24.7 Å². The molecule has 1 saturated carbocycles. The van der Waals surface area contributed by atoms with Crippen molar-refractivity contribution in [2.24, 2.45) is 11.8 Å². The van der Waals surface area contributed by atoms with Gasteiger partial charge >= 0.3 is 0 Å². The van der Waals surface area contributed by atoms with Gasteiger partial charge in [0.2, 0.25) is 11.8 Å². The van der Waals surface area contributed by atoms with Gasteiger partial charge in [-0.05, 0) is 30.5 Å². The number of aryl methyl sites for hydroxylation is 1. The fraction of sp³-hybridized carbons (Fsp3) is 0.429. The lowest BCUT2D eigenvalue weighted by Gasteiger charge is -2.11. The summed E-state index contributed by atoms with van der Waals surface area (Å²) in [5, 5.41) is 0. The zero-order chi connectivity index (χ0) is 20.8. The minimum Gasteiger partial charge on any atom is -0.490 e. The zero-order valence-corrected chi connectivity index (χ0v) is 16.3. The fourth-order valence-electron chi connectivity index (χ4n) is 2.94. The quantitative estimate of drug-likeness (QED) is 0.525. The Morgan fingerprint density at radius 1 is 1.24 bits per heavy atom. The second-order valence-electron chi connectivity index (χ2n) is 7.79. The van der Waals surface area contributed by atoms with Crippen molar-refractivity contribution in [1.82, 2.24) is 9.97 Å². The highest BCUT2D eigenvalue weighted by Gasteiger charge is 2.57. The molecule has 0 bridgehead atoms. The molecule has 0 saturated heterocycles. The molecule has 1 aliphatic rings. The highest BCUT2D eigenvalue weighted by Crippen LogP contribution is 2.48. The smallest absolute Gasteiger partial charge is 0.255 e. The summed E-state index contributed by atoms with van der Waals surface area (Å²) in [7, 11) is 0. The molecule has 1 aromatic carbocycles. The number of ether oxygens (including phenoxy) is 2. The molecule has 0 amide bonds. The van der Waals surface area contributed by atoms with Gasteiger partial charge in [0.15, 0.2) is 17.1 Å². The van der Waals surface area contributed by atoms with Gasteiger partial charge in [-0.1, -0.05) is 13.8 Å². The third kappa shape index (κ3) is 4.16. The highest BCUT2D eigenvalue weighted by atomic mass is 19.3. The Bertz CT molecular complexity index is 1030. The van der Waals surface area contributed by atoms with Crippen LogP contribution in [0.5, 0.6) is 11.6 Å². The Balaban J connectivity index is 1.55. The topological polar surface area (TPSA) is 57.4 Å². The van der Waals surface area contributed by atoms with E-state index >= 15 is 0 Å². The summed E-state index contributed by atoms with van der Waals surface area (Å²) in [6.07, 6.45) is 1.32. The first-order valence-electron chi connectivity index (χ1n) is 9.43. The van der Waals surface area contributed by atoms with E-state index in [1.807, 2.05) is 13.8 Å². The SMILES string of the molecule is Cc1cc(-c2nc3cnc(OCC(C)C)cc3o2)cc(F)c1OCC1CC1(F)F. The monoisotopic (exact) mass is 406 g/mol. The number of fused-ring (bicyclic) bond motifs is 1. The van der Waals surface area contributed by atoms with Gasteiger partial charge < -0.3 is 13.9 Å². The lowest BCUT2D eigenvalue weighted by molar-refractivity contribution is 0.0848. The van der Waals surface area contributed by atoms with E-state index in [1.165, 1.54) is 12.3 Å². The molecule has 1 fully saturated rings. The summed E-state index contributed by atoms with van der Waals surface area (Å²) in [5.74, 6) is -3.21. The van der Waals surface area contributed by atoms with Crippen LogP contribution in [0.25, 0.3) is 22.6 Å². The minimum atomic E-state index is -2.70. The van der Waals surface area contributed by atoms with E-state index in [0.717, 1.165) is 0 Å². The van der Waals surface area contributed by atoms with Crippen molar-refractivity contribution in [2.75, 3.05) is 13.2 Å². The number of alkyl halides is 2. The van der Waals surface area contributed by atoms with Crippen molar-refractivity contribution in [3.63, 3.8) is 0 Å². The van der Waals surface area contributed by atoms with Crippen LogP contribution in [0.3, 0.4) is 0 Å². The molecule has 1 unspecified atom stereocenters. The highest BCUT2D eigenvalue weighted by molar-refractivity contribution is 5.76. The molecular weight excluding hydrogens is 385 g/mol. The summed E-state index contributed by atoms with van der Waals surface area (Å²) >= 11 is 0. The number of hydrogen-bond donors (Lipinski definition) is 0. The summed E-state index contributed by atoms with van der Waals surface area (Å²) < 4.78 is 57.2. The van der Waals surface area contributed by atoms with Crippen molar-refractivity contribution >= 4 is 11.1 Å². The molecule has 5 nitrogen and oxygen atoms in total. The molecule has 8 heteroatoms. The Hall–Kier alpha value is -2.77. The molecule has 0 spiro atoms. The number of nitrogens with zero attached hydrogens (tertiary/aromatic N) is 2. The van der Waals surface area contributed by atoms with Crippen LogP contribution in [-0.4, -0.2) is 29.1 Å². The molecule has 1 aliphatic carbocycles. The zero-order valence-electron chi connectivity index (χ0n) is 16.3. The summed E-state index contributed by atoms with van der Waals surface area (Å²) in [6, 6.07) is 4.52. The van der Waals surface area contributed by atoms with Crippen LogP contribution in [0.2, 0.25) is 0 Å². The minimum absolute atomic E-state index is 0.0291. The lowest BCUT2D eigenvalue weighted by Crippen LogP contribution is -2.07. The first-order valence-corrected chi connectivity index (χ1v) is 9.43. The maximum Gasteiger partial charge on any atom is 0.255 e. The summed E-state index contributed by atoms with van der Waals surface area (Å²) in [5.41, 5.74) is 1.89. The van der Waals surface area contributed by atoms with Crippen molar-refractivity contribution in [3.8, 4) is 23.1 Å². The van der Waals surface area contributed by atoms with Crippen molar-refractivity contribution in [3.05, 3.63) is 35.8 Å². The number of hydrogen-bond acceptors (Lipinski definition) is 5. The van der Waals surface area contributed by atoms with E-state index in [1.54, 1.807) is 19.1 Å². The van der Waals surface area contributed by atoms with E-state index in [0.29, 0.717) is 40.6 Å². The fourth-order valence-corrected chi connectivity index (χ4v) is 2.94. The molecule has 1 atom stereocenters. The van der Waals surface area contributed by atoms with Gasteiger partial charge in [-0.25, -0.2) is 23.1 Å². The second kappa shape index (κ2) is 7.24. The van der Waals surface area contributed by atoms with Gasteiger partial charge in [0, 0.05) is 18.1 Å². The average Bonchev–Trinajstić information content (AvgIpc) is 3.07. The molecular formula is C21H21F3N2O3. The molecule has 4 rings (SSSR count). The normalized spacial score (nSPS) is 17.7. The maximum atomic E-state index is 14.5. The van der Waals surface area contributed by atoms with Crippen LogP contribution >= 0.6 is 0 Å². The Morgan fingerprint density at radius 3 is 2.66 bits per heavy atom. The van der Waals surface area contributed by atoms with Gasteiger partial charge in [-0.2, -0.15) is 0 Å². The summed E-state index contributed by atoms with van der Waals surface area (Å²) in [6.45, 7) is 6.03.